The Labute approximate surface area is 86.8 Å². The van der Waals surface area contributed by atoms with Crippen LogP contribution in [-0.4, -0.2) is 5.11 Å². The van der Waals surface area contributed by atoms with Crippen LogP contribution in [0.15, 0.2) is 24.3 Å². The van der Waals surface area contributed by atoms with Gasteiger partial charge in [-0.25, -0.2) is 0 Å². The zero-order valence-corrected chi connectivity index (χ0v) is 9.38. The summed E-state index contributed by atoms with van der Waals surface area (Å²) in [6.07, 6.45) is 3.54. The lowest BCUT2D eigenvalue weighted by Crippen LogP contribution is -2.15. The Morgan fingerprint density at radius 3 is 2.57 bits per heavy atom. The average molecular weight is 192 g/mol. The van der Waals surface area contributed by atoms with E-state index in [2.05, 4.69) is 19.1 Å². The van der Waals surface area contributed by atoms with E-state index >= 15 is 0 Å². The highest BCUT2D eigenvalue weighted by Gasteiger charge is 2.15. The molecule has 1 aromatic rings. The van der Waals surface area contributed by atoms with Crippen molar-refractivity contribution in [3.63, 3.8) is 0 Å². The summed E-state index contributed by atoms with van der Waals surface area (Å²) in [6, 6.07) is 8.24. The van der Waals surface area contributed by atoms with Gasteiger partial charge in [-0.05, 0) is 37.8 Å². The van der Waals surface area contributed by atoms with Crippen molar-refractivity contribution in [1.29, 1.82) is 0 Å². The summed E-state index contributed by atoms with van der Waals surface area (Å²) in [5.74, 6) is 0. The molecule has 0 radical (unpaired) electrons. The van der Waals surface area contributed by atoms with Gasteiger partial charge in [0.15, 0.2) is 0 Å². The second kappa shape index (κ2) is 4.61. The summed E-state index contributed by atoms with van der Waals surface area (Å²) in [7, 11) is 0. The van der Waals surface area contributed by atoms with Crippen molar-refractivity contribution >= 4 is 0 Å². The van der Waals surface area contributed by atoms with E-state index in [-0.39, 0.29) is 0 Å². The minimum absolute atomic E-state index is 0.720. The van der Waals surface area contributed by atoms with Gasteiger partial charge in [0.2, 0.25) is 0 Å². The number of aryl methyl sites for hydroxylation is 1. The molecule has 0 fully saturated rings. The molecule has 14 heavy (non-hydrogen) atoms. The van der Waals surface area contributed by atoms with Gasteiger partial charge in [0, 0.05) is 0 Å². The summed E-state index contributed by atoms with van der Waals surface area (Å²) in [5.41, 5.74) is 1.61. The molecule has 78 valence electrons. The molecule has 0 aliphatic heterocycles. The predicted molar refractivity (Wildman–Crippen MR) is 60.3 cm³/mol. The average Bonchev–Trinajstić information content (AvgIpc) is 2.14. The first-order valence-corrected chi connectivity index (χ1v) is 5.36. The number of hydrogen-bond acceptors (Lipinski definition) is 1. The summed E-state index contributed by atoms with van der Waals surface area (Å²) in [4.78, 5) is 0. The van der Waals surface area contributed by atoms with E-state index in [1.807, 2.05) is 26.0 Å². The minimum atomic E-state index is -0.720. The van der Waals surface area contributed by atoms with Crippen molar-refractivity contribution in [2.75, 3.05) is 0 Å². The molecule has 0 saturated carbocycles. The van der Waals surface area contributed by atoms with Crippen LogP contribution in [0.4, 0.5) is 0 Å². The van der Waals surface area contributed by atoms with Crippen molar-refractivity contribution in [3.8, 4) is 0 Å². The van der Waals surface area contributed by atoms with Crippen molar-refractivity contribution in [3.05, 3.63) is 35.4 Å². The third-order valence-electron chi connectivity index (χ3n) is 2.45. The SMILES string of the molecule is CCCCc1cccc(C(C)(C)O)c1. The van der Waals surface area contributed by atoms with E-state index < -0.39 is 5.60 Å². The van der Waals surface area contributed by atoms with Crippen LogP contribution >= 0.6 is 0 Å². The van der Waals surface area contributed by atoms with Crippen molar-refractivity contribution in [2.45, 2.75) is 45.6 Å². The molecule has 1 nitrogen and oxygen atoms in total. The number of aliphatic hydroxyl groups is 1. The van der Waals surface area contributed by atoms with Crippen LogP contribution in [0.1, 0.15) is 44.7 Å². The molecule has 0 spiro atoms. The van der Waals surface area contributed by atoms with Gasteiger partial charge in [0.1, 0.15) is 0 Å². The van der Waals surface area contributed by atoms with Gasteiger partial charge < -0.3 is 5.11 Å². The lowest BCUT2D eigenvalue weighted by molar-refractivity contribution is 0.0785. The van der Waals surface area contributed by atoms with E-state index in [4.69, 9.17) is 0 Å². The molecule has 0 heterocycles. The van der Waals surface area contributed by atoms with Crippen molar-refractivity contribution < 1.29 is 5.11 Å². The molecule has 1 rings (SSSR count). The Kier molecular flexibility index (Phi) is 3.70. The summed E-state index contributed by atoms with van der Waals surface area (Å²) >= 11 is 0. The van der Waals surface area contributed by atoms with Gasteiger partial charge in [0.05, 0.1) is 5.60 Å². The smallest absolute Gasteiger partial charge is 0.0840 e. The van der Waals surface area contributed by atoms with Gasteiger partial charge in [0.25, 0.3) is 0 Å². The number of hydrogen-bond donors (Lipinski definition) is 1. The highest BCUT2D eigenvalue weighted by molar-refractivity contribution is 5.27. The Bertz CT molecular complexity index is 284. The second-order valence-electron chi connectivity index (χ2n) is 4.36. The van der Waals surface area contributed by atoms with E-state index in [0.717, 1.165) is 12.0 Å². The highest BCUT2D eigenvalue weighted by atomic mass is 16.3. The minimum Gasteiger partial charge on any atom is -0.386 e. The molecule has 0 aromatic heterocycles. The summed E-state index contributed by atoms with van der Waals surface area (Å²) in [5, 5.41) is 9.84. The number of rotatable bonds is 4. The molecule has 0 aliphatic carbocycles. The van der Waals surface area contributed by atoms with Gasteiger partial charge in [-0.1, -0.05) is 37.6 Å². The van der Waals surface area contributed by atoms with Crippen LogP contribution in [0, 0.1) is 0 Å². The van der Waals surface area contributed by atoms with Crippen molar-refractivity contribution in [1.82, 2.24) is 0 Å². The third-order valence-corrected chi connectivity index (χ3v) is 2.45. The van der Waals surface area contributed by atoms with Crippen LogP contribution in [0.5, 0.6) is 0 Å². The monoisotopic (exact) mass is 192 g/mol. The molecule has 1 heteroatoms. The lowest BCUT2D eigenvalue weighted by atomic mass is 9.95. The van der Waals surface area contributed by atoms with Crippen LogP contribution in [0.3, 0.4) is 0 Å². The molecule has 1 aromatic carbocycles. The number of benzene rings is 1. The van der Waals surface area contributed by atoms with Crippen molar-refractivity contribution in [2.24, 2.45) is 0 Å². The molecule has 0 aliphatic rings. The van der Waals surface area contributed by atoms with Crippen LogP contribution in [-0.2, 0) is 12.0 Å². The Hall–Kier alpha value is -0.820. The first kappa shape index (κ1) is 11.3. The molecular weight excluding hydrogens is 172 g/mol. The molecule has 0 saturated heterocycles. The Morgan fingerprint density at radius 2 is 2.00 bits per heavy atom. The molecule has 1 N–H and O–H groups in total. The molecular formula is C13H20O. The normalized spacial score (nSPS) is 11.7. The lowest BCUT2D eigenvalue weighted by Gasteiger charge is -2.18. The van der Waals surface area contributed by atoms with Gasteiger partial charge >= 0.3 is 0 Å². The maximum absolute atomic E-state index is 9.84. The quantitative estimate of drug-likeness (QED) is 0.776. The maximum Gasteiger partial charge on any atom is 0.0840 e. The Balaban J connectivity index is 2.79. The molecule has 0 amide bonds. The first-order valence-electron chi connectivity index (χ1n) is 5.36. The molecule has 0 atom stereocenters. The topological polar surface area (TPSA) is 20.2 Å². The van der Waals surface area contributed by atoms with E-state index in [9.17, 15) is 5.11 Å². The largest absolute Gasteiger partial charge is 0.386 e. The summed E-state index contributed by atoms with van der Waals surface area (Å²) in [6.45, 7) is 5.84. The van der Waals surface area contributed by atoms with E-state index in [1.54, 1.807) is 0 Å². The van der Waals surface area contributed by atoms with Crippen LogP contribution < -0.4 is 0 Å². The summed E-state index contributed by atoms with van der Waals surface area (Å²) < 4.78 is 0. The maximum atomic E-state index is 9.84. The second-order valence-corrected chi connectivity index (χ2v) is 4.36. The third kappa shape index (κ3) is 3.15. The van der Waals surface area contributed by atoms with E-state index in [0.29, 0.717) is 0 Å². The number of unbranched alkanes of at least 4 members (excludes halogenated alkanes) is 1. The van der Waals surface area contributed by atoms with Gasteiger partial charge in [-0.3, -0.25) is 0 Å². The fourth-order valence-corrected chi connectivity index (χ4v) is 1.49. The standard InChI is InChI=1S/C13H20O/c1-4-5-7-11-8-6-9-12(10-11)13(2,3)14/h6,8-10,14H,4-5,7H2,1-3H3. The fraction of sp³-hybridized carbons (Fsp3) is 0.538. The zero-order valence-electron chi connectivity index (χ0n) is 9.38. The molecule has 0 bridgehead atoms. The van der Waals surface area contributed by atoms with E-state index in [1.165, 1.54) is 18.4 Å². The van der Waals surface area contributed by atoms with Crippen LogP contribution in [0.2, 0.25) is 0 Å². The predicted octanol–water partition coefficient (Wildman–Crippen LogP) is 3.26. The highest BCUT2D eigenvalue weighted by Crippen LogP contribution is 2.20. The zero-order chi connectivity index (χ0) is 10.6. The Morgan fingerprint density at radius 1 is 1.29 bits per heavy atom. The van der Waals surface area contributed by atoms with Crippen LogP contribution in [0.25, 0.3) is 0 Å². The van der Waals surface area contributed by atoms with Gasteiger partial charge in [-0.2, -0.15) is 0 Å². The first-order chi connectivity index (χ1) is 6.54. The fourth-order valence-electron chi connectivity index (χ4n) is 1.49. The molecule has 0 unspecified atom stereocenters. The van der Waals surface area contributed by atoms with Gasteiger partial charge in [-0.15, -0.1) is 0 Å².